The summed E-state index contributed by atoms with van der Waals surface area (Å²) in [6.45, 7) is 0.833. The van der Waals surface area contributed by atoms with E-state index < -0.39 is 0 Å². The first-order valence-electron chi connectivity index (χ1n) is 6.17. The van der Waals surface area contributed by atoms with Crippen LogP contribution in [0.3, 0.4) is 0 Å². The van der Waals surface area contributed by atoms with Crippen molar-refractivity contribution in [1.29, 1.82) is 0 Å². The number of hydrogen-bond donors (Lipinski definition) is 0. The lowest BCUT2D eigenvalue weighted by molar-refractivity contribution is 0.304. The van der Waals surface area contributed by atoms with Crippen LogP contribution in [0.1, 0.15) is 38.5 Å². The maximum Gasteiger partial charge on any atom is 0.119 e. The van der Waals surface area contributed by atoms with E-state index in [2.05, 4.69) is 0 Å². The van der Waals surface area contributed by atoms with E-state index in [0.29, 0.717) is 0 Å². The van der Waals surface area contributed by atoms with Crippen molar-refractivity contribution in [2.24, 2.45) is 0 Å². The van der Waals surface area contributed by atoms with E-state index in [1.807, 2.05) is 30.3 Å². The second kappa shape index (κ2) is 9.53. The first-order valence-corrected chi connectivity index (χ1v) is 6.71. The highest BCUT2D eigenvalue weighted by molar-refractivity contribution is 6.17. The van der Waals surface area contributed by atoms with Gasteiger partial charge in [-0.2, -0.15) is 0 Å². The molecule has 1 aromatic carbocycles. The van der Waals surface area contributed by atoms with E-state index in [9.17, 15) is 0 Å². The van der Waals surface area contributed by atoms with E-state index >= 15 is 0 Å². The van der Waals surface area contributed by atoms with Crippen LogP contribution in [0.4, 0.5) is 0 Å². The predicted octanol–water partition coefficient (Wildman–Crippen LogP) is 4.64. The number of para-hydroxylation sites is 1. The van der Waals surface area contributed by atoms with Crippen molar-refractivity contribution >= 4 is 11.6 Å². The minimum atomic E-state index is 0.803. The summed E-state index contributed by atoms with van der Waals surface area (Å²) in [6, 6.07) is 10.0. The highest BCUT2D eigenvalue weighted by Crippen LogP contribution is 2.10. The summed E-state index contributed by atoms with van der Waals surface area (Å²) in [5.74, 6) is 1.78. The first kappa shape index (κ1) is 13.4. The highest BCUT2D eigenvalue weighted by atomic mass is 35.5. The summed E-state index contributed by atoms with van der Waals surface area (Å²) in [5.41, 5.74) is 0. The van der Waals surface area contributed by atoms with Crippen LogP contribution >= 0.6 is 11.6 Å². The van der Waals surface area contributed by atoms with E-state index in [-0.39, 0.29) is 0 Å². The molecule has 0 aromatic heterocycles. The van der Waals surface area contributed by atoms with E-state index in [0.717, 1.165) is 31.1 Å². The molecule has 0 amide bonds. The average molecular weight is 241 g/mol. The normalized spacial score (nSPS) is 10.3. The Morgan fingerprint density at radius 1 is 0.812 bits per heavy atom. The van der Waals surface area contributed by atoms with Gasteiger partial charge in [-0.05, 0) is 25.0 Å². The molecule has 0 aliphatic carbocycles. The minimum absolute atomic E-state index is 0.803. The van der Waals surface area contributed by atoms with Gasteiger partial charge in [-0.25, -0.2) is 0 Å². The number of unbranched alkanes of at least 4 members (excludes halogenated alkanes) is 5. The quantitative estimate of drug-likeness (QED) is 0.451. The third-order valence-electron chi connectivity index (χ3n) is 2.54. The highest BCUT2D eigenvalue weighted by Gasteiger charge is 1.93. The van der Waals surface area contributed by atoms with Gasteiger partial charge in [-0.15, -0.1) is 11.6 Å². The standard InChI is InChI=1S/C14H21ClO/c15-12-8-3-1-2-4-9-13-16-14-10-6-5-7-11-14/h5-7,10-11H,1-4,8-9,12-13H2. The van der Waals surface area contributed by atoms with Crippen LogP contribution in [0.2, 0.25) is 0 Å². The van der Waals surface area contributed by atoms with Crippen LogP contribution in [-0.4, -0.2) is 12.5 Å². The van der Waals surface area contributed by atoms with Crippen molar-refractivity contribution in [2.75, 3.05) is 12.5 Å². The lowest BCUT2D eigenvalue weighted by Gasteiger charge is -2.05. The molecular weight excluding hydrogens is 220 g/mol. The summed E-state index contributed by atoms with van der Waals surface area (Å²) in [4.78, 5) is 0. The fourth-order valence-electron chi connectivity index (χ4n) is 1.61. The Kier molecular flexibility index (Phi) is 7.97. The van der Waals surface area contributed by atoms with Crippen molar-refractivity contribution in [1.82, 2.24) is 0 Å². The zero-order chi connectivity index (χ0) is 11.5. The molecule has 0 heterocycles. The molecule has 2 heteroatoms. The van der Waals surface area contributed by atoms with Crippen molar-refractivity contribution < 1.29 is 4.74 Å². The van der Waals surface area contributed by atoms with Gasteiger partial charge in [-0.1, -0.05) is 43.9 Å². The average Bonchev–Trinajstić information content (AvgIpc) is 2.34. The molecule has 0 radical (unpaired) electrons. The maximum absolute atomic E-state index is 5.61. The van der Waals surface area contributed by atoms with Crippen molar-refractivity contribution in [3.63, 3.8) is 0 Å². The molecular formula is C14H21ClO. The Morgan fingerprint density at radius 3 is 2.12 bits per heavy atom. The van der Waals surface area contributed by atoms with Crippen LogP contribution in [0, 0.1) is 0 Å². The Balaban J connectivity index is 1.89. The van der Waals surface area contributed by atoms with Gasteiger partial charge in [0.1, 0.15) is 5.75 Å². The smallest absolute Gasteiger partial charge is 0.119 e. The van der Waals surface area contributed by atoms with Crippen LogP contribution in [0.25, 0.3) is 0 Å². The van der Waals surface area contributed by atoms with Crippen molar-refractivity contribution in [3.05, 3.63) is 30.3 Å². The van der Waals surface area contributed by atoms with E-state index in [1.165, 1.54) is 25.7 Å². The van der Waals surface area contributed by atoms with Gasteiger partial charge in [0.05, 0.1) is 6.61 Å². The number of benzene rings is 1. The van der Waals surface area contributed by atoms with E-state index in [1.54, 1.807) is 0 Å². The molecule has 0 saturated heterocycles. The van der Waals surface area contributed by atoms with E-state index in [4.69, 9.17) is 16.3 Å². The molecule has 0 bridgehead atoms. The molecule has 0 aliphatic heterocycles. The summed E-state index contributed by atoms with van der Waals surface area (Å²) < 4.78 is 5.61. The molecule has 1 nitrogen and oxygen atoms in total. The van der Waals surface area contributed by atoms with Gasteiger partial charge < -0.3 is 4.74 Å². The Morgan fingerprint density at radius 2 is 1.44 bits per heavy atom. The number of rotatable bonds is 9. The lowest BCUT2D eigenvalue weighted by Crippen LogP contribution is -1.96. The van der Waals surface area contributed by atoms with Gasteiger partial charge in [0, 0.05) is 5.88 Å². The number of alkyl halides is 1. The molecule has 0 atom stereocenters. The summed E-state index contributed by atoms with van der Waals surface area (Å²) in [7, 11) is 0. The molecule has 0 aliphatic rings. The molecule has 90 valence electrons. The van der Waals surface area contributed by atoms with Crippen LogP contribution in [0.15, 0.2) is 30.3 Å². The minimum Gasteiger partial charge on any atom is -0.494 e. The third-order valence-corrected chi connectivity index (χ3v) is 2.81. The molecule has 1 rings (SSSR count). The zero-order valence-electron chi connectivity index (χ0n) is 9.83. The van der Waals surface area contributed by atoms with Gasteiger partial charge in [0.2, 0.25) is 0 Å². The van der Waals surface area contributed by atoms with Gasteiger partial charge in [-0.3, -0.25) is 0 Å². The van der Waals surface area contributed by atoms with Crippen LogP contribution in [-0.2, 0) is 0 Å². The second-order valence-electron chi connectivity index (χ2n) is 3.97. The fourth-order valence-corrected chi connectivity index (χ4v) is 1.80. The Bertz CT molecular complexity index is 248. The fraction of sp³-hybridized carbons (Fsp3) is 0.571. The lowest BCUT2D eigenvalue weighted by atomic mass is 10.1. The number of ether oxygens (including phenoxy) is 1. The molecule has 0 spiro atoms. The van der Waals surface area contributed by atoms with Crippen molar-refractivity contribution in [3.8, 4) is 5.75 Å². The van der Waals surface area contributed by atoms with Crippen LogP contribution in [0.5, 0.6) is 5.75 Å². The SMILES string of the molecule is ClCCCCCCCCOc1ccccc1. The number of halogens is 1. The molecule has 1 aromatic rings. The third kappa shape index (κ3) is 6.73. The van der Waals surface area contributed by atoms with Crippen molar-refractivity contribution in [2.45, 2.75) is 38.5 Å². The first-order chi connectivity index (χ1) is 7.93. The molecule has 0 unspecified atom stereocenters. The van der Waals surface area contributed by atoms with Gasteiger partial charge in [0.15, 0.2) is 0 Å². The topological polar surface area (TPSA) is 9.23 Å². The zero-order valence-corrected chi connectivity index (χ0v) is 10.6. The predicted molar refractivity (Wildman–Crippen MR) is 70.4 cm³/mol. The summed E-state index contributed by atoms with van der Waals surface area (Å²) in [6.07, 6.45) is 7.43. The Labute approximate surface area is 104 Å². The monoisotopic (exact) mass is 240 g/mol. The molecule has 0 fully saturated rings. The van der Waals surface area contributed by atoms with Crippen LogP contribution < -0.4 is 4.74 Å². The maximum atomic E-state index is 5.61. The largest absolute Gasteiger partial charge is 0.494 e. The number of hydrogen-bond acceptors (Lipinski definition) is 1. The van der Waals surface area contributed by atoms with Gasteiger partial charge >= 0.3 is 0 Å². The molecule has 0 saturated carbocycles. The van der Waals surface area contributed by atoms with Gasteiger partial charge in [0.25, 0.3) is 0 Å². The summed E-state index contributed by atoms with van der Waals surface area (Å²) in [5, 5.41) is 0. The summed E-state index contributed by atoms with van der Waals surface area (Å²) >= 11 is 5.61. The molecule has 0 N–H and O–H groups in total. The second-order valence-corrected chi connectivity index (χ2v) is 4.35. The Hall–Kier alpha value is -0.690. The molecule has 16 heavy (non-hydrogen) atoms.